The molecule has 4 rings (SSSR count). The zero-order chi connectivity index (χ0) is 23.8. The molecule has 2 aliphatic rings. The third-order valence-electron chi connectivity index (χ3n) is 7.01. The first-order valence-corrected chi connectivity index (χ1v) is 12.7. The smallest absolute Gasteiger partial charge is 0.129 e. The zero-order valence-electron chi connectivity index (χ0n) is 20.3. The lowest BCUT2D eigenvalue weighted by Crippen LogP contribution is -2.38. The Kier molecular flexibility index (Phi) is 8.94. The van der Waals surface area contributed by atoms with E-state index in [0.717, 1.165) is 94.3 Å². The van der Waals surface area contributed by atoms with Crippen molar-refractivity contribution in [2.24, 2.45) is 5.41 Å². The Labute approximate surface area is 207 Å². The Hall–Kier alpha value is -2.00. The molecular formula is C25H37ClN6O2. The van der Waals surface area contributed by atoms with Crippen LogP contribution in [0.15, 0.2) is 24.7 Å². The Morgan fingerprint density at radius 1 is 1.06 bits per heavy atom. The number of hydrogen-bond acceptors (Lipinski definition) is 8. The van der Waals surface area contributed by atoms with Crippen LogP contribution < -0.4 is 16.0 Å². The molecule has 8 nitrogen and oxygen atoms in total. The van der Waals surface area contributed by atoms with Crippen LogP contribution >= 0.6 is 11.6 Å². The molecule has 0 spiro atoms. The molecule has 0 amide bonds. The molecule has 1 aliphatic carbocycles. The fraction of sp³-hybridized carbons (Fsp3) is 0.640. The van der Waals surface area contributed by atoms with Gasteiger partial charge in [0.2, 0.25) is 0 Å². The van der Waals surface area contributed by atoms with Gasteiger partial charge >= 0.3 is 0 Å². The van der Waals surface area contributed by atoms with Gasteiger partial charge in [-0.25, -0.2) is 15.0 Å². The number of halogens is 1. The number of anilines is 2. The van der Waals surface area contributed by atoms with Crippen LogP contribution in [0.4, 0.5) is 11.6 Å². The van der Waals surface area contributed by atoms with E-state index >= 15 is 0 Å². The topological polar surface area (TPSA) is 93.2 Å². The molecule has 2 aromatic rings. The van der Waals surface area contributed by atoms with E-state index in [1.807, 2.05) is 12.1 Å². The highest BCUT2D eigenvalue weighted by Crippen LogP contribution is 2.32. The highest BCUT2D eigenvalue weighted by molar-refractivity contribution is 6.33. The standard InChI is InChI=1S/C25H37ClN6O2/c1-25(7-10-34-11-8-25)16-29-23-14-22(30-17-31-23)20-13-24(28-15-21(20)26)32-19-5-3-18(4-6-19)27-9-12-33-2/h13-15,17-19,27H,3-12,16H2,1-2H3,(H,28,32)(H,29,30,31). The third-order valence-corrected chi connectivity index (χ3v) is 7.31. The monoisotopic (exact) mass is 488 g/mol. The summed E-state index contributed by atoms with van der Waals surface area (Å²) in [6, 6.07) is 4.93. The van der Waals surface area contributed by atoms with Crippen molar-refractivity contribution in [1.29, 1.82) is 0 Å². The zero-order valence-corrected chi connectivity index (χ0v) is 21.0. The first-order chi connectivity index (χ1) is 16.5. The second kappa shape index (κ2) is 12.1. The molecule has 34 heavy (non-hydrogen) atoms. The summed E-state index contributed by atoms with van der Waals surface area (Å²) < 4.78 is 10.6. The van der Waals surface area contributed by atoms with E-state index < -0.39 is 0 Å². The van der Waals surface area contributed by atoms with E-state index in [1.54, 1.807) is 19.6 Å². The van der Waals surface area contributed by atoms with Gasteiger partial charge in [-0.2, -0.15) is 0 Å². The summed E-state index contributed by atoms with van der Waals surface area (Å²) in [6.45, 7) is 6.45. The molecular weight excluding hydrogens is 452 g/mol. The van der Waals surface area contributed by atoms with Crippen LogP contribution in [-0.4, -0.2) is 67.1 Å². The Balaban J connectivity index is 1.36. The molecule has 0 radical (unpaired) electrons. The molecule has 1 saturated carbocycles. The SMILES string of the molecule is COCCNC1CCC(Nc2cc(-c3cc(NCC4(C)CCOCC4)ncn3)c(Cl)cn2)CC1. The van der Waals surface area contributed by atoms with Gasteiger partial charge in [0.25, 0.3) is 0 Å². The van der Waals surface area contributed by atoms with Gasteiger partial charge in [0.1, 0.15) is 18.0 Å². The van der Waals surface area contributed by atoms with Crippen molar-refractivity contribution in [2.45, 2.75) is 57.5 Å². The number of aromatic nitrogens is 3. The molecule has 3 N–H and O–H groups in total. The van der Waals surface area contributed by atoms with Crippen LogP contribution in [0.2, 0.25) is 5.02 Å². The molecule has 186 valence electrons. The Morgan fingerprint density at radius 2 is 1.82 bits per heavy atom. The number of nitrogens with zero attached hydrogens (tertiary/aromatic N) is 3. The fourth-order valence-corrected chi connectivity index (χ4v) is 4.88. The summed E-state index contributed by atoms with van der Waals surface area (Å²) in [7, 11) is 1.74. The summed E-state index contributed by atoms with van der Waals surface area (Å²) >= 11 is 6.52. The predicted octanol–water partition coefficient (Wildman–Crippen LogP) is 4.38. The van der Waals surface area contributed by atoms with Gasteiger partial charge in [-0.3, -0.25) is 0 Å². The van der Waals surface area contributed by atoms with E-state index in [9.17, 15) is 0 Å². The second-order valence-corrected chi connectivity index (χ2v) is 10.2. The van der Waals surface area contributed by atoms with Crippen LogP contribution in [0.1, 0.15) is 45.4 Å². The Morgan fingerprint density at radius 3 is 2.59 bits per heavy atom. The molecule has 1 saturated heterocycles. The van der Waals surface area contributed by atoms with Crippen LogP contribution in [0, 0.1) is 5.41 Å². The maximum atomic E-state index is 6.52. The minimum Gasteiger partial charge on any atom is -0.383 e. The first kappa shape index (κ1) is 25.1. The maximum Gasteiger partial charge on any atom is 0.129 e. The lowest BCUT2D eigenvalue weighted by molar-refractivity contribution is 0.0300. The highest BCUT2D eigenvalue weighted by atomic mass is 35.5. The van der Waals surface area contributed by atoms with Crippen LogP contribution in [0.25, 0.3) is 11.3 Å². The van der Waals surface area contributed by atoms with Gasteiger partial charge in [0.15, 0.2) is 0 Å². The number of ether oxygens (including phenoxy) is 2. The van der Waals surface area contributed by atoms with Crippen molar-refractivity contribution < 1.29 is 9.47 Å². The average Bonchev–Trinajstić information content (AvgIpc) is 2.86. The molecule has 3 heterocycles. The maximum absolute atomic E-state index is 6.52. The number of hydrogen-bond donors (Lipinski definition) is 3. The minimum atomic E-state index is 0.215. The van der Waals surface area contributed by atoms with E-state index in [1.165, 1.54) is 0 Å². The molecule has 0 unspecified atom stereocenters. The van der Waals surface area contributed by atoms with Crippen molar-refractivity contribution in [1.82, 2.24) is 20.3 Å². The largest absolute Gasteiger partial charge is 0.383 e. The molecule has 0 atom stereocenters. The van der Waals surface area contributed by atoms with Crippen LogP contribution in [0.3, 0.4) is 0 Å². The first-order valence-electron chi connectivity index (χ1n) is 12.3. The normalized spacial score (nSPS) is 22.3. The minimum absolute atomic E-state index is 0.215. The van der Waals surface area contributed by atoms with Gasteiger partial charge in [-0.05, 0) is 50.0 Å². The van der Waals surface area contributed by atoms with Crippen molar-refractivity contribution >= 4 is 23.2 Å². The van der Waals surface area contributed by atoms with E-state index in [2.05, 4.69) is 37.8 Å². The van der Waals surface area contributed by atoms with Crippen molar-refractivity contribution in [2.75, 3.05) is 50.7 Å². The summed E-state index contributed by atoms with van der Waals surface area (Å²) in [5, 5.41) is 11.2. The number of rotatable bonds is 10. The molecule has 2 fully saturated rings. The average molecular weight is 489 g/mol. The molecule has 1 aliphatic heterocycles. The van der Waals surface area contributed by atoms with Crippen molar-refractivity contribution in [3.63, 3.8) is 0 Å². The van der Waals surface area contributed by atoms with Crippen molar-refractivity contribution in [3.8, 4) is 11.3 Å². The molecule has 2 aromatic heterocycles. The third kappa shape index (κ3) is 7.01. The highest BCUT2D eigenvalue weighted by Gasteiger charge is 2.27. The number of nitrogens with one attached hydrogen (secondary N) is 3. The summed E-state index contributed by atoms with van der Waals surface area (Å²) in [5.41, 5.74) is 1.86. The quantitative estimate of drug-likeness (QED) is 0.424. The van der Waals surface area contributed by atoms with Gasteiger partial charge in [-0.1, -0.05) is 18.5 Å². The van der Waals surface area contributed by atoms with E-state index in [-0.39, 0.29) is 5.41 Å². The molecule has 9 heteroatoms. The van der Waals surface area contributed by atoms with Gasteiger partial charge in [0, 0.05) is 63.3 Å². The lowest BCUT2D eigenvalue weighted by atomic mass is 9.82. The number of methoxy groups -OCH3 is 1. The Bertz CT molecular complexity index is 916. The van der Waals surface area contributed by atoms with Crippen LogP contribution in [0.5, 0.6) is 0 Å². The van der Waals surface area contributed by atoms with Gasteiger partial charge in [-0.15, -0.1) is 0 Å². The predicted molar refractivity (Wildman–Crippen MR) is 136 cm³/mol. The van der Waals surface area contributed by atoms with E-state index in [0.29, 0.717) is 17.1 Å². The van der Waals surface area contributed by atoms with Crippen molar-refractivity contribution in [3.05, 3.63) is 29.7 Å². The van der Waals surface area contributed by atoms with Crippen LogP contribution in [-0.2, 0) is 9.47 Å². The van der Waals surface area contributed by atoms with Gasteiger partial charge < -0.3 is 25.4 Å². The summed E-state index contributed by atoms with van der Waals surface area (Å²) in [5.74, 6) is 1.64. The van der Waals surface area contributed by atoms with Gasteiger partial charge in [0.05, 0.1) is 17.3 Å². The second-order valence-electron chi connectivity index (χ2n) is 9.75. The summed E-state index contributed by atoms with van der Waals surface area (Å²) in [6.07, 6.45) is 9.90. The summed E-state index contributed by atoms with van der Waals surface area (Å²) in [4.78, 5) is 13.4. The lowest BCUT2D eigenvalue weighted by Gasteiger charge is -2.33. The van der Waals surface area contributed by atoms with E-state index in [4.69, 9.17) is 21.1 Å². The molecule has 0 bridgehead atoms. The fourth-order valence-electron chi connectivity index (χ4n) is 4.68. The molecule has 0 aromatic carbocycles. The number of pyridine rings is 1.